The fourth-order valence-electron chi connectivity index (χ4n) is 3.58. The fourth-order valence-corrected chi connectivity index (χ4v) is 4.86. The number of thiazole rings is 1. The van der Waals surface area contributed by atoms with E-state index in [4.69, 9.17) is 9.72 Å². The Morgan fingerprint density at radius 3 is 2.92 bits per heavy atom. The second kappa shape index (κ2) is 7.57. The monoisotopic (exact) mass is 373 g/mol. The molecule has 2 amide bonds. The Labute approximate surface area is 156 Å². The number of aryl methyl sites for hydroxylation is 2. The molecular formula is C18H23N5O2S. The van der Waals surface area contributed by atoms with Gasteiger partial charge in [0.15, 0.2) is 5.82 Å². The van der Waals surface area contributed by atoms with Crippen LogP contribution in [0.5, 0.6) is 5.88 Å². The zero-order chi connectivity index (χ0) is 17.9. The summed E-state index contributed by atoms with van der Waals surface area (Å²) in [6, 6.07) is -0.129. The van der Waals surface area contributed by atoms with Crippen LogP contribution < -0.4 is 10.1 Å². The summed E-state index contributed by atoms with van der Waals surface area (Å²) in [5.41, 5.74) is 1.30. The molecule has 0 radical (unpaired) electrons. The van der Waals surface area contributed by atoms with Gasteiger partial charge in [0.1, 0.15) is 0 Å². The minimum Gasteiger partial charge on any atom is -0.480 e. The molecule has 1 aliphatic heterocycles. The number of nitrogens with one attached hydrogen (secondary N) is 1. The summed E-state index contributed by atoms with van der Waals surface area (Å²) in [6.45, 7) is 1.47. The maximum absolute atomic E-state index is 12.6. The zero-order valence-corrected chi connectivity index (χ0v) is 15.7. The Bertz CT molecular complexity index is 753. The van der Waals surface area contributed by atoms with E-state index in [2.05, 4.69) is 15.3 Å². The van der Waals surface area contributed by atoms with Gasteiger partial charge in [-0.2, -0.15) is 0 Å². The standard InChI is InChI=1S/C18H23N5O2S/c1-25-16-10-19-15(9-20-16)22-18(24)23-8-4-5-12(11-23)17-21-13-6-2-3-7-14(13)26-17/h9-10,12H,2-8,11H2,1H3,(H,19,22,24). The van der Waals surface area contributed by atoms with E-state index in [0.29, 0.717) is 24.2 Å². The molecule has 1 fully saturated rings. The summed E-state index contributed by atoms with van der Waals surface area (Å²) >= 11 is 1.86. The van der Waals surface area contributed by atoms with Crippen LogP contribution in [0.15, 0.2) is 12.4 Å². The zero-order valence-electron chi connectivity index (χ0n) is 14.9. The number of carbonyl (C=O) groups is 1. The summed E-state index contributed by atoms with van der Waals surface area (Å²) < 4.78 is 4.99. The van der Waals surface area contributed by atoms with Crippen LogP contribution in [-0.4, -0.2) is 46.1 Å². The molecule has 7 nitrogen and oxygen atoms in total. The second-order valence-electron chi connectivity index (χ2n) is 6.79. The van der Waals surface area contributed by atoms with Crippen molar-refractivity contribution < 1.29 is 9.53 Å². The molecule has 0 aromatic carbocycles. The van der Waals surface area contributed by atoms with Crippen molar-refractivity contribution in [3.05, 3.63) is 28.0 Å². The van der Waals surface area contributed by atoms with Gasteiger partial charge in [-0.15, -0.1) is 11.3 Å². The van der Waals surface area contributed by atoms with Crippen molar-refractivity contribution in [1.29, 1.82) is 0 Å². The van der Waals surface area contributed by atoms with Crippen LogP contribution in [0.2, 0.25) is 0 Å². The van der Waals surface area contributed by atoms with Gasteiger partial charge >= 0.3 is 6.03 Å². The fraction of sp³-hybridized carbons (Fsp3) is 0.556. The summed E-state index contributed by atoms with van der Waals surface area (Å²) in [7, 11) is 1.53. The van der Waals surface area contributed by atoms with E-state index in [9.17, 15) is 4.79 Å². The number of amides is 2. The van der Waals surface area contributed by atoms with E-state index in [1.54, 1.807) is 0 Å². The molecule has 0 saturated carbocycles. The first-order valence-electron chi connectivity index (χ1n) is 9.13. The lowest BCUT2D eigenvalue weighted by Crippen LogP contribution is -2.41. The van der Waals surface area contributed by atoms with Crippen molar-refractivity contribution in [3.63, 3.8) is 0 Å². The number of methoxy groups -OCH3 is 1. The third kappa shape index (κ3) is 3.65. The molecule has 1 unspecified atom stereocenters. The Balaban J connectivity index is 1.40. The highest BCUT2D eigenvalue weighted by atomic mass is 32.1. The lowest BCUT2D eigenvalue weighted by Gasteiger charge is -2.31. The molecular weight excluding hydrogens is 350 g/mol. The van der Waals surface area contributed by atoms with Crippen molar-refractivity contribution >= 4 is 23.2 Å². The summed E-state index contributed by atoms with van der Waals surface area (Å²) in [6.07, 6.45) is 9.89. The molecule has 2 aromatic rings. The second-order valence-corrected chi connectivity index (χ2v) is 7.90. The third-order valence-electron chi connectivity index (χ3n) is 4.99. The quantitative estimate of drug-likeness (QED) is 0.893. The number of hydrogen-bond donors (Lipinski definition) is 1. The van der Waals surface area contributed by atoms with Gasteiger partial charge in [-0.3, -0.25) is 5.32 Å². The Morgan fingerprint density at radius 1 is 1.27 bits per heavy atom. The van der Waals surface area contributed by atoms with Gasteiger partial charge in [-0.25, -0.2) is 19.7 Å². The third-order valence-corrected chi connectivity index (χ3v) is 6.31. The average Bonchev–Trinajstić information content (AvgIpc) is 3.13. The molecule has 4 rings (SSSR count). The smallest absolute Gasteiger partial charge is 0.323 e. The number of anilines is 1. The van der Waals surface area contributed by atoms with Gasteiger partial charge in [0, 0.05) is 23.9 Å². The first kappa shape index (κ1) is 17.2. The molecule has 1 saturated heterocycles. The van der Waals surface area contributed by atoms with Crippen molar-refractivity contribution in [1.82, 2.24) is 19.9 Å². The molecule has 2 aliphatic rings. The highest BCUT2D eigenvalue weighted by molar-refractivity contribution is 7.11. The van der Waals surface area contributed by atoms with Gasteiger partial charge in [-0.05, 0) is 38.5 Å². The van der Waals surface area contributed by atoms with E-state index in [1.165, 1.54) is 54.3 Å². The van der Waals surface area contributed by atoms with Crippen molar-refractivity contribution in [2.45, 2.75) is 44.4 Å². The number of nitrogens with zero attached hydrogens (tertiary/aromatic N) is 4. The molecule has 138 valence electrons. The van der Waals surface area contributed by atoms with E-state index >= 15 is 0 Å². The minimum absolute atomic E-state index is 0.129. The average molecular weight is 373 g/mol. The van der Waals surface area contributed by atoms with Crippen LogP contribution in [0.3, 0.4) is 0 Å². The van der Waals surface area contributed by atoms with Gasteiger partial charge < -0.3 is 9.64 Å². The molecule has 26 heavy (non-hydrogen) atoms. The van der Waals surface area contributed by atoms with Crippen molar-refractivity contribution in [2.24, 2.45) is 0 Å². The summed E-state index contributed by atoms with van der Waals surface area (Å²) in [5.74, 6) is 1.20. The number of rotatable bonds is 3. The molecule has 1 aliphatic carbocycles. The highest BCUT2D eigenvalue weighted by Gasteiger charge is 2.28. The predicted octanol–water partition coefficient (Wildman–Crippen LogP) is 3.23. The van der Waals surface area contributed by atoms with Crippen molar-refractivity contribution in [3.8, 4) is 5.88 Å². The lowest BCUT2D eigenvalue weighted by molar-refractivity contribution is 0.192. The normalized spacial score (nSPS) is 19.7. The first-order valence-corrected chi connectivity index (χ1v) is 9.95. The number of likely N-dealkylation sites (tertiary alicyclic amines) is 1. The van der Waals surface area contributed by atoms with Crippen LogP contribution in [0, 0.1) is 0 Å². The Morgan fingerprint density at radius 2 is 2.15 bits per heavy atom. The predicted molar refractivity (Wildman–Crippen MR) is 99.9 cm³/mol. The van der Waals surface area contributed by atoms with E-state index in [1.807, 2.05) is 16.2 Å². The van der Waals surface area contributed by atoms with Crippen LogP contribution >= 0.6 is 11.3 Å². The van der Waals surface area contributed by atoms with E-state index < -0.39 is 0 Å². The molecule has 1 atom stereocenters. The van der Waals surface area contributed by atoms with Crippen LogP contribution in [-0.2, 0) is 12.8 Å². The number of aromatic nitrogens is 3. The number of hydrogen-bond acceptors (Lipinski definition) is 6. The van der Waals surface area contributed by atoms with E-state index in [-0.39, 0.29) is 6.03 Å². The van der Waals surface area contributed by atoms with Crippen molar-refractivity contribution in [2.75, 3.05) is 25.5 Å². The molecule has 1 N–H and O–H groups in total. The summed E-state index contributed by atoms with van der Waals surface area (Å²) in [5, 5.41) is 4.03. The first-order chi connectivity index (χ1) is 12.7. The van der Waals surface area contributed by atoms with Crippen LogP contribution in [0.4, 0.5) is 10.6 Å². The number of urea groups is 1. The highest BCUT2D eigenvalue weighted by Crippen LogP contribution is 2.34. The number of ether oxygens (including phenoxy) is 1. The van der Waals surface area contributed by atoms with Crippen LogP contribution in [0.1, 0.15) is 47.2 Å². The molecule has 0 spiro atoms. The van der Waals surface area contributed by atoms with Gasteiger partial charge in [0.05, 0.1) is 30.2 Å². The maximum atomic E-state index is 12.6. The molecule has 0 bridgehead atoms. The minimum atomic E-state index is -0.129. The maximum Gasteiger partial charge on any atom is 0.323 e. The molecule has 2 aromatic heterocycles. The SMILES string of the molecule is COc1cnc(NC(=O)N2CCCC(c3nc4c(s3)CCCC4)C2)cn1. The number of fused-ring (bicyclic) bond motifs is 1. The summed E-state index contributed by atoms with van der Waals surface area (Å²) in [4.78, 5) is 29.0. The van der Waals surface area contributed by atoms with Gasteiger partial charge in [0.25, 0.3) is 0 Å². The molecule has 8 heteroatoms. The Kier molecular flexibility index (Phi) is 5.01. The van der Waals surface area contributed by atoms with Gasteiger partial charge in [-0.1, -0.05) is 0 Å². The lowest BCUT2D eigenvalue weighted by atomic mass is 9.98. The molecule has 3 heterocycles. The van der Waals surface area contributed by atoms with Gasteiger partial charge in [0.2, 0.25) is 5.88 Å². The largest absolute Gasteiger partial charge is 0.480 e. The van der Waals surface area contributed by atoms with Crippen LogP contribution in [0.25, 0.3) is 0 Å². The van der Waals surface area contributed by atoms with E-state index in [0.717, 1.165) is 25.8 Å². The number of carbonyl (C=O) groups excluding carboxylic acids is 1. The number of piperidine rings is 1. The Hall–Kier alpha value is -2.22. The topological polar surface area (TPSA) is 80.2 Å².